The van der Waals surface area contributed by atoms with Crippen molar-refractivity contribution >= 4 is 11.9 Å². The highest BCUT2D eigenvalue weighted by atomic mass is 16.5. The van der Waals surface area contributed by atoms with Gasteiger partial charge in [-0.05, 0) is 24.1 Å². The van der Waals surface area contributed by atoms with Crippen LogP contribution in [-0.4, -0.2) is 41.7 Å². The molecule has 6 nitrogen and oxygen atoms in total. The quantitative estimate of drug-likeness (QED) is 0.676. The molecule has 1 aromatic heterocycles. The second kappa shape index (κ2) is 7.39. The predicted molar refractivity (Wildman–Crippen MR) is 63.6 cm³/mol. The molecule has 0 radical (unpaired) electrons. The van der Waals surface area contributed by atoms with Crippen molar-refractivity contribution < 1.29 is 19.4 Å². The average Bonchev–Trinajstić information content (AvgIpc) is 2.42. The molecule has 1 aromatic rings. The number of aryl methyl sites for hydroxylation is 1. The van der Waals surface area contributed by atoms with E-state index in [1.807, 2.05) is 12.1 Å². The second-order valence-corrected chi connectivity index (χ2v) is 3.68. The van der Waals surface area contributed by atoms with Crippen LogP contribution in [-0.2, 0) is 20.7 Å². The first-order valence-electron chi connectivity index (χ1n) is 5.54. The molecule has 0 saturated carbocycles. The molecule has 0 aliphatic rings. The zero-order chi connectivity index (χ0) is 13.4. The van der Waals surface area contributed by atoms with Crippen molar-refractivity contribution in [2.45, 2.75) is 18.9 Å². The molecule has 0 bridgehead atoms. The van der Waals surface area contributed by atoms with Crippen molar-refractivity contribution in [2.24, 2.45) is 0 Å². The average molecular weight is 252 g/mol. The Hall–Kier alpha value is -1.95. The van der Waals surface area contributed by atoms with Crippen LogP contribution >= 0.6 is 0 Å². The number of hydrogen-bond donors (Lipinski definition) is 2. The Labute approximate surface area is 105 Å². The molecule has 0 aromatic carbocycles. The van der Waals surface area contributed by atoms with Gasteiger partial charge in [-0.15, -0.1) is 0 Å². The zero-order valence-corrected chi connectivity index (χ0v) is 10.1. The fraction of sp³-hybridized carbons (Fsp3) is 0.417. The van der Waals surface area contributed by atoms with Gasteiger partial charge in [0.2, 0.25) is 5.91 Å². The fourth-order valence-electron chi connectivity index (χ4n) is 1.40. The number of pyridine rings is 1. The van der Waals surface area contributed by atoms with Crippen LogP contribution in [0.2, 0.25) is 0 Å². The number of nitrogens with one attached hydrogen (secondary N) is 1. The number of amides is 1. The van der Waals surface area contributed by atoms with Crippen LogP contribution in [0.4, 0.5) is 0 Å². The van der Waals surface area contributed by atoms with E-state index in [-0.39, 0.29) is 12.3 Å². The molecule has 0 aliphatic carbocycles. The molecule has 2 N–H and O–H groups in total. The summed E-state index contributed by atoms with van der Waals surface area (Å²) < 4.78 is 4.44. The highest BCUT2D eigenvalue weighted by Crippen LogP contribution is 2.01. The van der Waals surface area contributed by atoms with Gasteiger partial charge in [0.05, 0.1) is 13.7 Å². The van der Waals surface area contributed by atoms with Crippen molar-refractivity contribution in [1.82, 2.24) is 10.3 Å². The minimum atomic E-state index is -1.00. The molecule has 0 fully saturated rings. The number of carbonyl (C=O) groups excluding carboxylic acids is 2. The number of nitrogens with zero attached hydrogens (tertiary/aromatic N) is 1. The third-order valence-electron chi connectivity index (χ3n) is 2.39. The van der Waals surface area contributed by atoms with Crippen molar-refractivity contribution in [3.8, 4) is 0 Å². The monoisotopic (exact) mass is 252 g/mol. The van der Waals surface area contributed by atoms with Gasteiger partial charge in [-0.2, -0.15) is 0 Å². The second-order valence-electron chi connectivity index (χ2n) is 3.68. The highest BCUT2D eigenvalue weighted by molar-refractivity contribution is 5.84. The van der Waals surface area contributed by atoms with Crippen LogP contribution in [0.25, 0.3) is 0 Å². The van der Waals surface area contributed by atoms with Crippen molar-refractivity contribution in [1.29, 1.82) is 0 Å². The van der Waals surface area contributed by atoms with Gasteiger partial charge in [0.15, 0.2) is 6.04 Å². The first-order chi connectivity index (χ1) is 8.67. The first-order valence-corrected chi connectivity index (χ1v) is 5.54. The highest BCUT2D eigenvalue weighted by Gasteiger charge is 2.19. The van der Waals surface area contributed by atoms with Crippen LogP contribution in [0, 0.1) is 0 Å². The molecule has 1 atom stereocenters. The van der Waals surface area contributed by atoms with E-state index in [9.17, 15) is 9.59 Å². The summed E-state index contributed by atoms with van der Waals surface area (Å²) in [6.45, 7) is -0.479. The standard InChI is InChI=1S/C12H16N2O4/c1-18-12(17)10(8-15)14-11(16)3-2-9-4-6-13-7-5-9/h4-7,10,15H,2-3,8H2,1H3,(H,14,16). The fourth-order valence-corrected chi connectivity index (χ4v) is 1.40. The largest absolute Gasteiger partial charge is 0.467 e. The van der Waals surface area contributed by atoms with Crippen LogP contribution < -0.4 is 5.32 Å². The Kier molecular flexibility index (Phi) is 5.79. The topological polar surface area (TPSA) is 88.5 Å². The molecule has 98 valence electrons. The molecule has 1 rings (SSSR count). The Morgan fingerprint density at radius 3 is 2.67 bits per heavy atom. The predicted octanol–water partition coefficient (Wildman–Crippen LogP) is -0.336. The molecular formula is C12H16N2O4. The number of aliphatic hydroxyl groups is 1. The van der Waals surface area contributed by atoms with Crippen molar-refractivity contribution in [3.05, 3.63) is 30.1 Å². The lowest BCUT2D eigenvalue weighted by molar-refractivity contribution is -0.146. The van der Waals surface area contributed by atoms with Crippen LogP contribution in [0.15, 0.2) is 24.5 Å². The number of methoxy groups -OCH3 is 1. The number of hydrogen-bond acceptors (Lipinski definition) is 5. The number of ether oxygens (including phenoxy) is 1. The summed E-state index contributed by atoms with van der Waals surface area (Å²) in [6, 6.07) is 2.63. The van der Waals surface area contributed by atoms with Crippen LogP contribution in [0.5, 0.6) is 0 Å². The molecule has 0 saturated heterocycles. The lowest BCUT2D eigenvalue weighted by Gasteiger charge is -2.13. The first kappa shape index (κ1) is 14.1. The number of aliphatic hydroxyl groups excluding tert-OH is 1. The summed E-state index contributed by atoms with van der Waals surface area (Å²) in [5, 5.41) is 11.3. The maximum Gasteiger partial charge on any atom is 0.330 e. The number of carbonyl (C=O) groups is 2. The minimum Gasteiger partial charge on any atom is -0.467 e. The third kappa shape index (κ3) is 4.50. The minimum absolute atomic E-state index is 0.234. The van der Waals surface area contributed by atoms with E-state index in [2.05, 4.69) is 15.0 Å². The van der Waals surface area contributed by atoms with E-state index < -0.39 is 18.6 Å². The Morgan fingerprint density at radius 1 is 1.44 bits per heavy atom. The van der Waals surface area contributed by atoms with Gasteiger partial charge in [0.25, 0.3) is 0 Å². The molecule has 1 heterocycles. The van der Waals surface area contributed by atoms with Gasteiger partial charge in [-0.25, -0.2) is 4.79 Å². The van der Waals surface area contributed by atoms with E-state index in [1.54, 1.807) is 12.4 Å². The number of esters is 1. The van der Waals surface area contributed by atoms with Gasteiger partial charge < -0.3 is 15.2 Å². The molecule has 0 spiro atoms. The number of rotatable bonds is 6. The van der Waals surface area contributed by atoms with Gasteiger partial charge in [-0.1, -0.05) is 0 Å². The SMILES string of the molecule is COC(=O)C(CO)NC(=O)CCc1ccncc1. The Bertz CT molecular complexity index is 394. The molecule has 18 heavy (non-hydrogen) atoms. The summed E-state index contributed by atoms with van der Waals surface area (Å²) in [5.41, 5.74) is 0.985. The Morgan fingerprint density at radius 2 is 2.11 bits per heavy atom. The summed E-state index contributed by atoms with van der Waals surface area (Å²) in [6.07, 6.45) is 4.08. The summed E-state index contributed by atoms with van der Waals surface area (Å²) in [5.74, 6) is -0.967. The number of aromatic nitrogens is 1. The summed E-state index contributed by atoms with van der Waals surface area (Å²) >= 11 is 0. The van der Waals surface area contributed by atoms with E-state index in [0.717, 1.165) is 5.56 Å². The van der Waals surface area contributed by atoms with Crippen LogP contribution in [0.1, 0.15) is 12.0 Å². The van der Waals surface area contributed by atoms with E-state index in [0.29, 0.717) is 6.42 Å². The van der Waals surface area contributed by atoms with Crippen molar-refractivity contribution in [3.63, 3.8) is 0 Å². The zero-order valence-electron chi connectivity index (χ0n) is 10.1. The third-order valence-corrected chi connectivity index (χ3v) is 2.39. The summed E-state index contributed by atoms with van der Waals surface area (Å²) in [7, 11) is 1.20. The van der Waals surface area contributed by atoms with Gasteiger partial charge in [0, 0.05) is 18.8 Å². The lowest BCUT2D eigenvalue weighted by atomic mass is 10.1. The van der Waals surface area contributed by atoms with Crippen molar-refractivity contribution in [2.75, 3.05) is 13.7 Å². The van der Waals surface area contributed by atoms with E-state index >= 15 is 0 Å². The molecule has 6 heteroatoms. The maximum absolute atomic E-state index is 11.6. The van der Waals surface area contributed by atoms with E-state index in [4.69, 9.17) is 5.11 Å². The van der Waals surface area contributed by atoms with E-state index in [1.165, 1.54) is 7.11 Å². The van der Waals surface area contributed by atoms with Crippen LogP contribution in [0.3, 0.4) is 0 Å². The van der Waals surface area contributed by atoms with Gasteiger partial charge in [0.1, 0.15) is 0 Å². The van der Waals surface area contributed by atoms with Gasteiger partial charge >= 0.3 is 5.97 Å². The molecule has 1 unspecified atom stereocenters. The lowest BCUT2D eigenvalue weighted by Crippen LogP contribution is -2.44. The maximum atomic E-state index is 11.6. The molecular weight excluding hydrogens is 236 g/mol. The summed E-state index contributed by atoms with van der Waals surface area (Å²) in [4.78, 5) is 26.6. The molecule has 1 amide bonds. The van der Waals surface area contributed by atoms with Gasteiger partial charge in [-0.3, -0.25) is 9.78 Å². The smallest absolute Gasteiger partial charge is 0.330 e. The molecule has 0 aliphatic heterocycles. The Balaban J connectivity index is 2.39. The normalized spacial score (nSPS) is 11.7.